The van der Waals surface area contributed by atoms with Crippen LogP contribution < -0.4 is 0 Å². The number of carbonyl (C=O) groups excluding carboxylic acids is 5. The molecule has 0 aromatic heterocycles. The number of ether oxygens (including phenoxy) is 5. The maximum atomic E-state index is 12.7. The third-order valence-corrected chi connectivity index (χ3v) is 5.24. The number of hydrogen-bond acceptors (Lipinski definition) is 12. The van der Waals surface area contributed by atoms with E-state index < -0.39 is 66.9 Å². The highest BCUT2D eigenvalue weighted by atomic mass is 16.7. The summed E-state index contributed by atoms with van der Waals surface area (Å²) in [5.74, 6) is -3.78. The summed E-state index contributed by atoms with van der Waals surface area (Å²) in [6.45, 7) is 4.05. The molecule has 2 aliphatic rings. The van der Waals surface area contributed by atoms with E-state index >= 15 is 0 Å². The van der Waals surface area contributed by atoms with Crippen LogP contribution in [-0.4, -0.2) is 78.2 Å². The highest BCUT2D eigenvalue weighted by Gasteiger charge is 2.52. The summed E-state index contributed by atoms with van der Waals surface area (Å²) in [7, 11) is 0. The van der Waals surface area contributed by atoms with Crippen LogP contribution in [0.5, 0.6) is 0 Å². The number of aliphatic hydroxyl groups is 1. The highest BCUT2D eigenvalue weighted by molar-refractivity contribution is 6.30. The third-order valence-electron chi connectivity index (χ3n) is 5.24. The molecule has 0 radical (unpaired) electrons. The molecule has 12 heteroatoms. The quantitative estimate of drug-likeness (QED) is 0.324. The molecule has 0 bridgehead atoms. The van der Waals surface area contributed by atoms with Crippen LogP contribution >= 0.6 is 0 Å². The van der Waals surface area contributed by atoms with Gasteiger partial charge in [0.2, 0.25) is 0 Å². The van der Waals surface area contributed by atoms with Crippen LogP contribution in [-0.2, 0) is 42.9 Å². The lowest BCUT2D eigenvalue weighted by atomic mass is 9.97. The molecular formula is C24H25NO11. The lowest BCUT2D eigenvalue weighted by Crippen LogP contribution is -2.62. The van der Waals surface area contributed by atoms with E-state index in [9.17, 15) is 29.1 Å². The predicted octanol–water partition coefficient (Wildman–Crippen LogP) is 1.31. The molecule has 5 atom stereocenters. The zero-order valence-corrected chi connectivity index (χ0v) is 20.0. The Bertz CT molecular complexity index is 1140. The van der Waals surface area contributed by atoms with Crippen molar-refractivity contribution in [2.75, 3.05) is 6.61 Å². The first-order valence-electron chi connectivity index (χ1n) is 10.9. The predicted molar refractivity (Wildman–Crippen MR) is 121 cm³/mol. The van der Waals surface area contributed by atoms with Gasteiger partial charge in [-0.25, -0.2) is 0 Å². The first-order valence-corrected chi connectivity index (χ1v) is 10.9. The fourth-order valence-electron chi connectivity index (χ4n) is 3.88. The van der Waals surface area contributed by atoms with Crippen molar-refractivity contribution in [1.82, 2.24) is 0 Å². The molecule has 0 amide bonds. The number of aliphatic imine (C=N–C) groups is 1. The number of carbonyl (C=O) groups is 5. The van der Waals surface area contributed by atoms with E-state index in [0.717, 1.165) is 33.9 Å². The number of allylic oxidation sites excluding steroid dienone is 1. The second-order valence-electron chi connectivity index (χ2n) is 8.00. The SMILES string of the molecule is CC(=O)OC[C@H]1O[C@@H](/N=C/C2=C(O)c3ccccc3C2=O)[C@H](OC(C)=O)[C@@H](OC(C)=O)[C@H]1OC(C)=O. The van der Waals surface area contributed by atoms with Crippen LogP contribution in [0.25, 0.3) is 5.76 Å². The van der Waals surface area contributed by atoms with E-state index in [1.165, 1.54) is 0 Å². The number of ketones is 1. The third kappa shape index (κ3) is 5.95. The molecule has 36 heavy (non-hydrogen) atoms. The Morgan fingerprint density at radius 2 is 1.44 bits per heavy atom. The Morgan fingerprint density at radius 1 is 0.889 bits per heavy atom. The van der Waals surface area contributed by atoms with E-state index in [1.807, 2.05) is 0 Å². The van der Waals surface area contributed by atoms with Gasteiger partial charge in [-0.15, -0.1) is 0 Å². The molecule has 1 heterocycles. The molecule has 12 nitrogen and oxygen atoms in total. The van der Waals surface area contributed by atoms with Gasteiger partial charge in [-0.2, -0.15) is 0 Å². The average Bonchev–Trinajstić information content (AvgIpc) is 3.03. The van der Waals surface area contributed by atoms with Crippen LogP contribution in [0.2, 0.25) is 0 Å². The lowest BCUT2D eigenvalue weighted by molar-refractivity contribution is -0.250. The molecule has 1 aromatic rings. The standard InChI is InChI=1S/C24H25NO11/c1-11(26)32-10-18-21(33-12(2)27)22(34-13(3)28)23(35-14(4)29)24(36-18)25-9-17-19(30)15-7-5-6-8-16(15)20(17)31/h5-9,18,21-24,30H,10H2,1-4H3/b25-9+/t18-,21+,22+,23-,24-/m1/s1. The van der Waals surface area contributed by atoms with Crippen LogP contribution in [0.4, 0.5) is 0 Å². The van der Waals surface area contributed by atoms with Gasteiger partial charge in [-0.05, 0) is 0 Å². The smallest absolute Gasteiger partial charge is 0.303 e. The van der Waals surface area contributed by atoms with E-state index in [0.29, 0.717) is 5.56 Å². The summed E-state index contributed by atoms with van der Waals surface area (Å²) < 4.78 is 26.8. The van der Waals surface area contributed by atoms with Crippen LogP contribution in [0.1, 0.15) is 43.6 Å². The minimum atomic E-state index is -1.41. The van der Waals surface area contributed by atoms with Gasteiger partial charge < -0.3 is 28.8 Å². The Hall–Kier alpha value is -4.06. The monoisotopic (exact) mass is 503 g/mol. The minimum absolute atomic E-state index is 0.135. The second-order valence-corrected chi connectivity index (χ2v) is 8.00. The number of benzene rings is 1. The summed E-state index contributed by atoms with van der Waals surface area (Å²) >= 11 is 0. The Morgan fingerprint density at radius 3 is 2.00 bits per heavy atom. The van der Waals surface area contributed by atoms with E-state index in [4.69, 9.17) is 23.7 Å². The molecule has 1 fully saturated rings. The second kappa shape index (κ2) is 11.1. The van der Waals surface area contributed by atoms with Crippen molar-refractivity contribution in [2.45, 2.75) is 58.3 Å². The summed E-state index contributed by atoms with van der Waals surface area (Å²) in [5, 5.41) is 10.5. The molecule has 3 rings (SSSR count). The van der Waals surface area contributed by atoms with E-state index in [2.05, 4.69) is 4.99 Å². The number of nitrogens with zero attached hydrogens (tertiary/aromatic N) is 1. The maximum absolute atomic E-state index is 12.7. The fourth-order valence-corrected chi connectivity index (χ4v) is 3.88. The molecule has 1 aliphatic carbocycles. The van der Waals surface area contributed by atoms with Gasteiger partial charge in [-0.3, -0.25) is 29.0 Å². The summed E-state index contributed by atoms with van der Waals surface area (Å²) in [6, 6.07) is 6.41. The van der Waals surface area contributed by atoms with E-state index in [1.54, 1.807) is 24.3 Å². The topological polar surface area (TPSA) is 164 Å². The Balaban J connectivity index is 2.01. The summed E-state index contributed by atoms with van der Waals surface area (Å²) in [6.07, 6.45) is -5.67. The first kappa shape index (κ1) is 26.5. The number of fused-ring (bicyclic) bond motifs is 1. The van der Waals surface area contributed by atoms with Gasteiger partial charge in [0.1, 0.15) is 18.5 Å². The first-order chi connectivity index (χ1) is 17.0. The highest BCUT2D eigenvalue weighted by Crippen LogP contribution is 2.32. The minimum Gasteiger partial charge on any atom is -0.506 e. The molecule has 0 saturated carbocycles. The molecular weight excluding hydrogens is 478 g/mol. The van der Waals surface area contributed by atoms with Crippen LogP contribution in [0.15, 0.2) is 34.8 Å². The molecule has 192 valence electrons. The molecule has 0 spiro atoms. The molecule has 1 N–H and O–H groups in total. The Labute approximate surface area is 205 Å². The van der Waals surface area contributed by atoms with Crippen LogP contribution in [0.3, 0.4) is 0 Å². The normalized spacial score (nSPS) is 25.3. The van der Waals surface area contributed by atoms with Crippen molar-refractivity contribution in [3.63, 3.8) is 0 Å². The fraction of sp³-hybridized carbons (Fsp3) is 0.417. The number of hydrogen-bond donors (Lipinski definition) is 1. The molecule has 1 saturated heterocycles. The molecule has 0 unspecified atom stereocenters. The van der Waals surface area contributed by atoms with Crippen molar-refractivity contribution in [3.05, 3.63) is 41.0 Å². The van der Waals surface area contributed by atoms with Gasteiger partial charge in [0.15, 0.2) is 30.3 Å². The molecule has 1 aliphatic heterocycles. The van der Waals surface area contributed by atoms with Crippen molar-refractivity contribution < 1.29 is 52.8 Å². The van der Waals surface area contributed by atoms with Crippen molar-refractivity contribution in [2.24, 2.45) is 4.99 Å². The van der Waals surface area contributed by atoms with Gasteiger partial charge in [-0.1, -0.05) is 24.3 Å². The van der Waals surface area contributed by atoms with Gasteiger partial charge >= 0.3 is 23.9 Å². The van der Waals surface area contributed by atoms with Gasteiger partial charge in [0.25, 0.3) is 0 Å². The van der Waals surface area contributed by atoms with Crippen LogP contribution in [0, 0.1) is 0 Å². The average molecular weight is 503 g/mol. The maximum Gasteiger partial charge on any atom is 0.303 e. The number of aliphatic hydroxyl groups excluding tert-OH is 1. The number of Topliss-reactive ketones (excluding diaryl/α,β-unsaturated/α-hetero) is 1. The number of esters is 4. The van der Waals surface area contributed by atoms with E-state index in [-0.39, 0.29) is 16.9 Å². The van der Waals surface area contributed by atoms with Gasteiger partial charge in [0, 0.05) is 45.0 Å². The summed E-state index contributed by atoms with van der Waals surface area (Å²) in [5.41, 5.74) is 0.465. The van der Waals surface area contributed by atoms with Gasteiger partial charge in [0.05, 0.1) is 5.57 Å². The zero-order chi connectivity index (χ0) is 26.6. The zero-order valence-electron chi connectivity index (χ0n) is 20.0. The van der Waals surface area contributed by atoms with Crippen molar-refractivity contribution in [1.29, 1.82) is 0 Å². The van der Waals surface area contributed by atoms with Crippen molar-refractivity contribution >= 4 is 41.6 Å². The summed E-state index contributed by atoms with van der Waals surface area (Å²) in [4.78, 5) is 63.9. The largest absolute Gasteiger partial charge is 0.506 e. The Kier molecular flexibility index (Phi) is 8.20. The lowest BCUT2D eigenvalue weighted by Gasteiger charge is -2.43. The number of rotatable bonds is 7. The van der Waals surface area contributed by atoms with Crippen molar-refractivity contribution in [3.8, 4) is 0 Å². The molecule has 1 aromatic carbocycles.